The third-order valence-electron chi connectivity index (χ3n) is 4.59. The molecule has 1 atom stereocenters. The van der Waals surface area contributed by atoms with Crippen molar-refractivity contribution < 1.29 is 5.11 Å². The fourth-order valence-electron chi connectivity index (χ4n) is 3.23. The zero-order valence-corrected chi connectivity index (χ0v) is 14.4. The molecule has 134 valence electrons. The van der Waals surface area contributed by atoms with Gasteiger partial charge in [0.15, 0.2) is 0 Å². The lowest BCUT2D eigenvalue weighted by Gasteiger charge is -2.24. The maximum absolute atomic E-state index is 9.51. The molecule has 1 saturated heterocycles. The minimum absolute atomic E-state index is 0.149. The van der Waals surface area contributed by atoms with Crippen LogP contribution in [0.5, 0.6) is 0 Å². The quantitative estimate of drug-likeness (QED) is 0.697. The predicted octanol–water partition coefficient (Wildman–Crippen LogP) is 1.63. The molecule has 0 aromatic carbocycles. The van der Waals surface area contributed by atoms with Crippen LogP contribution in [0.1, 0.15) is 18.4 Å². The van der Waals surface area contributed by atoms with E-state index in [1.165, 1.54) is 0 Å². The normalized spacial score (nSPS) is 16.8. The van der Waals surface area contributed by atoms with Crippen molar-refractivity contribution in [2.24, 2.45) is 0 Å². The molecule has 2 N–H and O–H groups in total. The molecule has 3 aromatic heterocycles. The Bertz CT molecular complexity index is 852. The van der Waals surface area contributed by atoms with Crippen molar-refractivity contribution in [2.75, 3.05) is 23.4 Å². The molecule has 8 heteroatoms. The maximum Gasteiger partial charge on any atom is 0.138 e. The average Bonchev–Trinajstić information content (AvgIpc) is 3.38. The molecule has 0 amide bonds. The number of rotatable bonds is 6. The molecular formula is C18H21N7O. The van der Waals surface area contributed by atoms with E-state index in [0.717, 1.165) is 42.4 Å². The summed E-state index contributed by atoms with van der Waals surface area (Å²) in [6, 6.07) is 6.07. The molecule has 8 nitrogen and oxygen atoms in total. The van der Waals surface area contributed by atoms with Gasteiger partial charge in [-0.1, -0.05) is 0 Å². The van der Waals surface area contributed by atoms with Gasteiger partial charge in [0.1, 0.15) is 30.1 Å². The fraction of sp³-hybridized carbons (Fsp3) is 0.333. The maximum atomic E-state index is 9.51. The number of aromatic nitrogens is 5. The van der Waals surface area contributed by atoms with Crippen LogP contribution in [0, 0.1) is 0 Å². The Hall–Kier alpha value is -3.00. The zero-order valence-electron chi connectivity index (χ0n) is 14.4. The summed E-state index contributed by atoms with van der Waals surface area (Å²) >= 11 is 0. The van der Waals surface area contributed by atoms with Gasteiger partial charge in [0.25, 0.3) is 0 Å². The second-order valence-electron chi connectivity index (χ2n) is 6.28. The molecule has 1 aliphatic heterocycles. The van der Waals surface area contributed by atoms with Crippen molar-refractivity contribution in [3.63, 3.8) is 0 Å². The van der Waals surface area contributed by atoms with E-state index in [0.29, 0.717) is 6.54 Å². The summed E-state index contributed by atoms with van der Waals surface area (Å²) in [5, 5.41) is 12.8. The first-order chi connectivity index (χ1) is 12.8. The Kier molecular flexibility index (Phi) is 4.74. The first-order valence-electron chi connectivity index (χ1n) is 8.70. The highest BCUT2D eigenvalue weighted by Gasteiger charge is 2.25. The third-order valence-corrected chi connectivity index (χ3v) is 4.59. The summed E-state index contributed by atoms with van der Waals surface area (Å²) in [5.41, 5.74) is 1.10. The highest BCUT2D eigenvalue weighted by molar-refractivity contribution is 5.50. The minimum Gasteiger partial charge on any atom is -0.394 e. The van der Waals surface area contributed by atoms with Gasteiger partial charge in [0, 0.05) is 37.7 Å². The lowest BCUT2D eigenvalue weighted by Crippen LogP contribution is -2.32. The molecule has 1 unspecified atom stereocenters. The molecule has 1 fully saturated rings. The molecule has 3 aromatic rings. The van der Waals surface area contributed by atoms with Crippen LogP contribution in [-0.4, -0.2) is 48.8 Å². The van der Waals surface area contributed by atoms with E-state index in [-0.39, 0.29) is 12.6 Å². The number of aliphatic hydroxyl groups is 1. The number of pyridine rings is 1. The van der Waals surface area contributed by atoms with Gasteiger partial charge < -0.3 is 15.3 Å². The third kappa shape index (κ3) is 3.50. The highest BCUT2D eigenvalue weighted by atomic mass is 16.3. The van der Waals surface area contributed by atoms with E-state index < -0.39 is 0 Å². The van der Waals surface area contributed by atoms with Crippen LogP contribution in [0.3, 0.4) is 0 Å². The van der Waals surface area contributed by atoms with Crippen molar-refractivity contribution >= 4 is 11.6 Å². The highest BCUT2D eigenvalue weighted by Crippen LogP contribution is 2.24. The van der Waals surface area contributed by atoms with Crippen molar-refractivity contribution in [3.05, 3.63) is 55.0 Å². The SMILES string of the molecule is OCC1CCCN1c1cc(NCc2ccnc(-n3ccnc3)c2)ncn1. The minimum atomic E-state index is 0.149. The van der Waals surface area contributed by atoms with Gasteiger partial charge in [-0.25, -0.2) is 19.9 Å². The number of hydrogen-bond acceptors (Lipinski definition) is 7. The summed E-state index contributed by atoms with van der Waals surface area (Å²) < 4.78 is 1.87. The van der Waals surface area contributed by atoms with Crippen molar-refractivity contribution in [1.82, 2.24) is 24.5 Å². The monoisotopic (exact) mass is 351 g/mol. The zero-order chi connectivity index (χ0) is 17.8. The van der Waals surface area contributed by atoms with Crippen LogP contribution in [-0.2, 0) is 6.54 Å². The first-order valence-corrected chi connectivity index (χ1v) is 8.70. The number of anilines is 2. The summed E-state index contributed by atoms with van der Waals surface area (Å²) in [4.78, 5) is 19.2. The summed E-state index contributed by atoms with van der Waals surface area (Å²) in [5.74, 6) is 2.44. The van der Waals surface area contributed by atoms with E-state index in [1.54, 1.807) is 25.0 Å². The van der Waals surface area contributed by atoms with Gasteiger partial charge in [-0.2, -0.15) is 0 Å². The smallest absolute Gasteiger partial charge is 0.138 e. The molecule has 0 spiro atoms. The second-order valence-corrected chi connectivity index (χ2v) is 6.28. The molecule has 1 aliphatic rings. The van der Waals surface area contributed by atoms with Crippen LogP contribution in [0.25, 0.3) is 5.82 Å². The summed E-state index contributed by atoms with van der Waals surface area (Å²) in [6.07, 6.45) is 10.7. The van der Waals surface area contributed by atoms with Gasteiger partial charge in [-0.3, -0.25) is 4.57 Å². The Labute approximate surface area is 151 Å². The van der Waals surface area contributed by atoms with E-state index >= 15 is 0 Å². The van der Waals surface area contributed by atoms with E-state index in [9.17, 15) is 5.11 Å². The Balaban J connectivity index is 1.45. The van der Waals surface area contributed by atoms with Crippen LogP contribution in [0.4, 0.5) is 11.6 Å². The van der Waals surface area contributed by atoms with Crippen LogP contribution in [0.15, 0.2) is 49.4 Å². The number of nitrogens with zero attached hydrogens (tertiary/aromatic N) is 6. The van der Waals surface area contributed by atoms with Crippen molar-refractivity contribution in [1.29, 1.82) is 0 Å². The van der Waals surface area contributed by atoms with Crippen molar-refractivity contribution in [3.8, 4) is 5.82 Å². The van der Waals surface area contributed by atoms with Gasteiger partial charge >= 0.3 is 0 Å². The first kappa shape index (κ1) is 16.5. The van der Waals surface area contributed by atoms with E-state index in [1.807, 2.05) is 29.0 Å². The molecular weight excluding hydrogens is 330 g/mol. The number of aliphatic hydroxyl groups excluding tert-OH is 1. The number of imidazole rings is 1. The Morgan fingerprint density at radius 3 is 2.96 bits per heavy atom. The standard InChI is InChI=1S/C18H21N7O/c26-11-15-2-1-6-25(15)18-9-16(22-12-23-18)21-10-14-3-4-20-17(8-14)24-7-5-19-13-24/h3-5,7-9,12-13,15,26H,1-2,6,10-11H2,(H,21,22,23). The molecule has 0 radical (unpaired) electrons. The summed E-state index contributed by atoms with van der Waals surface area (Å²) in [7, 11) is 0. The van der Waals surface area contributed by atoms with Gasteiger partial charge in [0.2, 0.25) is 0 Å². The summed E-state index contributed by atoms with van der Waals surface area (Å²) in [6.45, 7) is 1.70. The largest absolute Gasteiger partial charge is 0.394 e. The second kappa shape index (κ2) is 7.49. The lowest BCUT2D eigenvalue weighted by atomic mass is 10.2. The van der Waals surface area contributed by atoms with Gasteiger partial charge in [0.05, 0.1) is 12.6 Å². The number of nitrogens with one attached hydrogen (secondary N) is 1. The van der Waals surface area contributed by atoms with E-state index in [4.69, 9.17) is 0 Å². The van der Waals surface area contributed by atoms with Gasteiger partial charge in [-0.05, 0) is 30.5 Å². The molecule has 0 aliphatic carbocycles. The van der Waals surface area contributed by atoms with Crippen LogP contribution >= 0.6 is 0 Å². The molecule has 4 rings (SSSR count). The molecule has 0 bridgehead atoms. The Morgan fingerprint density at radius 1 is 1.15 bits per heavy atom. The lowest BCUT2D eigenvalue weighted by molar-refractivity contribution is 0.266. The molecule has 26 heavy (non-hydrogen) atoms. The van der Waals surface area contributed by atoms with E-state index in [2.05, 4.69) is 30.2 Å². The topological polar surface area (TPSA) is 92.0 Å². The van der Waals surface area contributed by atoms with Crippen LogP contribution in [0.2, 0.25) is 0 Å². The molecule has 4 heterocycles. The van der Waals surface area contributed by atoms with Gasteiger partial charge in [-0.15, -0.1) is 0 Å². The Morgan fingerprint density at radius 2 is 2.12 bits per heavy atom. The average molecular weight is 351 g/mol. The fourth-order valence-corrected chi connectivity index (χ4v) is 3.23. The predicted molar refractivity (Wildman–Crippen MR) is 98.2 cm³/mol. The molecule has 0 saturated carbocycles. The van der Waals surface area contributed by atoms with Crippen LogP contribution < -0.4 is 10.2 Å². The number of hydrogen-bond donors (Lipinski definition) is 2. The van der Waals surface area contributed by atoms with Crippen molar-refractivity contribution in [2.45, 2.75) is 25.4 Å².